The second-order valence-corrected chi connectivity index (χ2v) is 6.30. The van der Waals surface area contributed by atoms with E-state index in [1.54, 1.807) is 0 Å². The highest BCUT2D eigenvalue weighted by Gasteiger charge is 2.28. The standard InChI is InChI=1S/C16H24BrNO/c1-2-3-11-18(13-8-9-13)12-10-16(19)14-6-4-5-7-15(14)17/h4-7,13,16,19H,2-3,8-12H2,1H3. The predicted octanol–water partition coefficient (Wildman–Crippen LogP) is 4.14. The quantitative estimate of drug-likeness (QED) is 0.776. The molecule has 0 bridgehead atoms. The van der Waals surface area contributed by atoms with E-state index in [0.29, 0.717) is 0 Å². The van der Waals surface area contributed by atoms with Crippen LogP contribution in [0.2, 0.25) is 0 Å². The van der Waals surface area contributed by atoms with Gasteiger partial charge in [-0.2, -0.15) is 0 Å². The molecule has 1 aromatic carbocycles. The van der Waals surface area contributed by atoms with Gasteiger partial charge < -0.3 is 10.0 Å². The van der Waals surface area contributed by atoms with Crippen molar-refractivity contribution < 1.29 is 5.11 Å². The number of hydrogen-bond acceptors (Lipinski definition) is 2. The molecule has 1 atom stereocenters. The Morgan fingerprint density at radius 3 is 2.68 bits per heavy atom. The Hall–Kier alpha value is -0.380. The number of aliphatic hydroxyl groups excluding tert-OH is 1. The van der Waals surface area contributed by atoms with Crippen molar-refractivity contribution in [2.75, 3.05) is 13.1 Å². The Morgan fingerprint density at radius 1 is 1.32 bits per heavy atom. The maximum Gasteiger partial charge on any atom is 0.0813 e. The molecular formula is C16H24BrNO. The van der Waals surface area contributed by atoms with Gasteiger partial charge in [0, 0.05) is 17.1 Å². The average molecular weight is 326 g/mol. The van der Waals surface area contributed by atoms with Crippen LogP contribution in [0.3, 0.4) is 0 Å². The first kappa shape index (κ1) is 15.0. The largest absolute Gasteiger partial charge is 0.388 e. The molecule has 1 N–H and O–H groups in total. The van der Waals surface area contributed by atoms with E-state index in [4.69, 9.17) is 0 Å². The number of nitrogens with zero attached hydrogens (tertiary/aromatic N) is 1. The monoisotopic (exact) mass is 325 g/mol. The lowest BCUT2D eigenvalue weighted by atomic mass is 10.1. The third-order valence-electron chi connectivity index (χ3n) is 3.82. The van der Waals surface area contributed by atoms with Gasteiger partial charge in [-0.25, -0.2) is 0 Å². The zero-order valence-corrected chi connectivity index (χ0v) is 13.3. The maximum atomic E-state index is 10.3. The summed E-state index contributed by atoms with van der Waals surface area (Å²) in [5, 5.41) is 10.3. The fourth-order valence-corrected chi connectivity index (χ4v) is 3.02. The lowest BCUT2D eigenvalue weighted by Gasteiger charge is -2.23. The molecule has 0 amide bonds. The molecule has 3 heteroatoms. The molecule has 0 spiro atoms. The van der Waals surface area contributed by atoms with E-state index in [1.165, 1.54) is 32.2 Å². The number of unbranched alkanes of at least 4 members (excludes halogenated alkanes) is 1. The number of rotatable bonds is 8. The topological polar surface area (TPSA) is 23.5 Å². The summed E-state index contributed by atoms with van der Waals surface area (Å²) >= 11 is 3.51. The Labute approximate surface area is 124 Å². The van der Waals surface area contributed by atoms with Gasteiger partial charge in [-0.1, -0.05) is 47.5 Å². The predicted molar refractivity (Wildman–Crippen MR) is 83.2 cm³/mol. The second kappa shape index (κ2) is 7.41. The van der Waals surface area contributed by atoms with Gasteiger partial charge in [-0.3, -0.25) is 0 Å². The third-order valence-corrected chi connectivity index (χ3v) is 4.54. The van der Waals surface area contributed by atoms with E-state index >= 15 is 0 Å². The summed E-state index contributed by atoms with van der Waals surface area (Å²) in [4.78, 5) is 2.56. The summed E-state index contributed by atoms with van der Waals surface area (Å²) in [6.07, 6.45) is 5.66. The van der Waals surface area contributed by atoms with Crippen molar-refractivity contribution in [1.29, 1.82) is 0 Å². The van der Waals surface area contributed by atoms with Crippen LogP contribution in [0.5, 0.6) is 0 Å². The fraction of sp³-hybridized carbons (Fsp3) is 0.625. The van der Waals surface area contributed by atoms with Crippen LogP contribution in [-0.4, -0.2) is 29.1 Å². The molecule has 0 heterocycles. The number of aliphatic hydroxyl groups is 1. The summed E-state index contributed by atoms with van der Waals surface area (Å²) in [7, 11) is 0. The van der Waals surface area contributed by atoms with E-state index in [2.05, 4.69) is 27.8 Å². The van der Waals surface area contributed by atoms with Crippen molar-refractivity contribution in [3.63, 3.8) is 0 Å². The van der Waals surface area contributed by atoms with Crippen molar-refractivity contribution >= 4 is 15.9 Å². The molecule has 2 nitrogen and oxygen atoms in total. The first-order valence-corrected chi connectivity index (χ1v) is 8.18. The minimum Gasteiger partial charge on any atom is -0.388 e. The van der Waals surface area contributed by atoms with Gasteiger partial charge >= 0.3 is 0 Å². The van der Waals surface area contributed by atoms with Crippen LogP contribution in [0.1, 0.15) is 50.7 Å². The van der Waals surface area contributed by atoms with Gasteiger partial charge in [0.25, 0.3) is 0 Å². The molecular weight excluding hydrogens is 302 g/mol. The third kappa shape index (κ3) is 4.59. The van der Waals surface area contributed by atoms with Crippen LogP contribution in [0.4, 0.5) is 0 Å². The molecule has 1 aliphatic rings. The normalized spacial score (nSPS) is 16.8. The molecule has 0 aromatic heterocycles. The van der Waals surface area contributed by atoms with Gasteiger partial charge in [0.05, 0.1) is 6.10 Å². The van der Waals surface area contributed by atoms with E-state index in [-0.39, 0.29) is 6.10 Å². The lowest BCUT2D eigenvalue weighted by Crippen LogP contribution is -2.29. The second-order valence-electron chi connectivity index (χ2n) is 5.45. The molecule has 1 saturated carbocycles. The minimum absolute atomic E-state index is 0.363. The van der Waals surface area contributed by atoms with Crippen LogP contribution in [-0.2, 0) is 0 Å². The Bertz CT molecular complexity index is 392. The molecule has 0 aliphatic heterocycles. The lowest BCUT2D eigenvalue weighted by molar-refractivity contribution is 0.138. The summed E-state index contributed by atoms with van der Waals surface area (Å²) in [6.45, 7) is 4.43. The molecule has 1 unspecified atom stereocenters. The van der Waals surface area contributed by atoms with Crippen LogP contribution in [0, 0.1) is 0 Å². The van der Waals surface area contributed by atoms with Gasteiger partial charge in [0.2, 0.25) is 0 Å². The molecule has 2 rings (SSSR count). The molecule has 19 heavy (non-hydrogen) atoms. The molecule has 106 valence electrons. The van der Waals surface area contributed by atoms with Crippen molar-refractivity contribution in [1.82, 2.24) is 4.90 Å². The number of hydrogen-bond donors (Lipinski definition) is 1. The average Bonchev–Trinajstić information content (AvgIpc) is 3.23. The summed E-state index contributed by atoms with van der Waals surface area (Å²) in [5.74, 6) is 0. The zero-order chi connectivity index (χ0) is 13.7. The highest BCUT2D eigenvalue weighted by molar-refractivity contribution is 9.10. The van der Waals surface area contributed by atoms with Crippen molar-refractivity contribution in [3.8, 4) is 0 Å². The summed E-state index contributed by atoms with van der Waals surface area (Å²) in [5.41, 5.74) is 1.01. The van der Waals surface area contributed by atoms with E-state index in [1.807, 2.05) is 24.3 Å². The van der Waals surface area contributed by atoms with Crippen molar-refractivity contribution in [2.24, 2.45) is 0 Å². The van der Waals surface area contributed by atoms with Crippen LogP contribution in [0.15, 0.2) is 28.7 Å². The first-order valence-electron chi connectivity index (χ1n) is 7.39. The Kier molecular flexibility index (Phi) is 5.86. The molecule has 0 radical (unpaired) electrons. The summed E-state index contributed by atoms with van der Waals surface area (Å²) in [6, 6.07) is 8.76. The number of benzene rings is 1. The maximum absolute atomic E-state index is 10.3. The highest BCUT2D eigenvalue weighted by atomic mass is 79.9. The molecule has 0 saturated heterocycles. The minimum atomic E-state index is -0.363. The highest BCUT2D eigenvalue weighted by Crippen LogP contribution is 2.30. The Balaban J connectivity index is 1.84. The Morgan fingerprint density at radius 2 is 2.05 bits per heavy atom. The van der Waals surface area contributed by atoms with Gasteiger partial charge in [-0.15, -0.1) is 0 Å². The van der Waals surface area contributed by atoms with E-state index in [9.17, 15) is 5.11 Å². The molecule has 1 aromatic rings. The fourth-order valence-electron chi connectivity index (χ4n) is 2.47. The number of halogens is 1. The molecule has 1 aliphatic carbocycles. The summed E-state index contributed by atoms with van der Waals surface area (Å²) < 4.78 is 1.01. The van der Waals surface area contributed by atoms with Gasteiger partial charge in [0.1, 0.15) is 0 Å². The smallest absolute Gasteiger partial charge is 0.0813 e. The van der Waals surface area contributed by atoms with E-state index in [0.717, 1.165) is 29.0 Å². The van der Waals surface area contributed by atoms with Crippen LogP contribution >= 0.6 is 15.9 Å². The van der Waals surface area contributed by atoms with Crippen LogP contribution < -0.4 is 0 Å². The zero-order valence-electron chi connectivity index (χ0n) is 11.7. The van der Waals surface area contributed by atoms with Crippen molar-refractivity contribution in [2.45, 2.75) is 51.2 Å². The van der Waals surface area contributed by atoms with Gasteiger partial charge in [0.15, 0.2) is 0 Å². The van der Waals surface area contributed by atoms with Crippen LogP contribution in [0.25, 0.3) is 0 Å². The molecule has 1 fully saturated rings. The van der Waals surface area contributed by atoms with Crippen molar-refractivity contribution in [3.05, 3.63) is 34.3 Å². The SMILES string of the molecule is CCCCN(CCC(O)c1ccccc1Br)C1CC1. The van der Waals surface area contributed by atoms with Gasteiger partial charge in [-0.05, 0) is 43.9 Å². The van der Waals surface area contributed by atoms with E-state index < -0.39 is 0 Å². The first-order chi connectivity index (χ1) is 9.22.